The molecule has 1 saturated carbocycles. The average Bonchev–Trinajstić information content (AvgIpc) is 3.21. The van der Waals surface area contributed by atoms with Crippen molar-refractivity contribution in [3.05, 3.63) is 35.6 Å². The number of amides is 1. The lowest BCUT2D eigenvalue weighted by Gasteiger charge is -2.33. The zero-order chi connectivity index (χ0) is 14.9. The highest BCUT2D eigenvalue weighted by atomic mass is 19.1. The van der Waals surface area contributed by atoms with Gasteiger partial charge in [0, 0.05) is 19.1 Å². The van der Waals surface area contributed by atoms with E-state index in [-0.39, 0.29) is 17.1 Å². The Balaban J connectivity index is 1.79. The lowest BCUT2D eigenvalue weighted by atomic mass is 9.82. The molecule has 1 aromatic carbocycles. The normalized spacial score (nSPS) is 25.0. The Morgan fingerprint density at radius 3 is 2.86 bits per heavy atom. The van der Waals surface area contributed by atoms with E-state index < -0.39 is 0 Å². The third-order valence-corrected chi connectivity index (χ3v) is 4.86. The highest BCUT2D eigenvalue weighted by Gasteiger charge is 2.45. The summed E-state index contributed by atoms with van der Waals surface area (Å²) < 4.78 is 13.4. The SMILES string of the molecule is CCC1(C(=O)N(Cc2cccc(F)c2)C2CC2)CCNC1. The fourth-order valence-corrected chi connectivity index (χ4v) is 3.27. The molecule has 3 nitrogen and oxygen atoms in total. The Kier molecular flexibility index (Phi) is 3.98. The Morgan fingerprint density at radius 2 is 2.29 bits per heavy atom. The van der Waals surface area contributed by atoms with Crippen molar-refractivity contribution in [2.75, 3.05) is 13.1 Å². The molecule has 114 valence electrons. The lowest BCUT2D eigenvalue weighted by molar-refractivity contribution is -0.142. The fourth-order valence-electron chi connectivity index (χ4n) is 3.27. The van der Waals surface area contributed by atoms with Gasteiger partial charge in [-0.15, -0.1) is 0 Å². The number of carbonyl (C=O) groups is 1. The van der Waals surface area contributed by atoms with Gasteiger partial charge in [0.2, 0.25) is 5.91 Å². The molecule has 1 heterocycles. The molecular formula is C17H23FN2O. The first-order chi connectivity index (χ1) is 10.1. The van der Waals surface area contributed by atoms with Crippen LogP contribution < -0.4 is 5.32 Å². The summed E-state index contributed by atoms with van der Waals surface area (Å²) in [5, 5.41) is 3.32. The van der Waals surface area contributed by atoms with Gasteiger partial charge in [-0.25, -0.2) is 4.39 Å². The van der Waals surface area contributed by atoms with Gasteiger partial charge >= 0.3 is 0 Å². The van der Waals surface area contributed by atoms with Crippen LogP contribution in [-0.2, 0) is 11.3 Å². The topological polar surface area (TPSA) is 32.3 Å². The Morgan fingerprint density at radius 1 is 1.48 bits per heavy atom. The monoisotopic (exact) mass is 290 g/mol. The molecule has 0 bridgehead atoms. The standard InChI is InChI=1S/C17H23FN2O/c1-2-17(8-9-19-12-17)16(21)20(15-6-7-15)11-13-4-3-5-14(18)10-13/h3-5,10,15,19H,2,6-9,11-12H2,1H3. The zero-order valence-electron chi connectivity index (χ0n) is 12.6. The van der Waals surface area contributed by atoms with Crippen molar-refractivity contribution in [1.29, 1.82) is 0 Å². The van der Waals surface area contributed by atoms with Gasteiger partial charge in [-0.2, -0.15) is 0 Å². The van der Waals surface area contributed by atoms with Gasteiger partial charge in [0.25, 0.3) is 0 Å². The molecule has 1 aliphatic carbocycles. The summed E-state index contributed by atoms with van der Waals surface area (Å²) in [6, 6.07) is 6.95. The third kappa shape index (κ3) is 2.95. The van der Waals surface area contributed by atoms with Gasteiger partial charge in [-0.05, 0) is 49.9 Å². The van der Waals surface area contributed by atoms with Crippen molar-refractivity contribution in [3.8, 4) is 0 Å². The Hall–Kier alpha value is -1.42. The molecule has 1 N–H and O–H groups in total. The summed E-state index contributed by atoms with van der Waals surface area (Å²) in [6.07, 6.45) is 3.93. The molecule has 1 amide bonds. The van der Waals surface area contributed by atoms with Crippen molar-refractivity contribution >= 4 is 5.91 Å². The van der Waals surface area contributed by atoms with E-state index >= 15 is 0 Å². The summed E-state index contributed by atoms with van der Waals surface area (Å²) in [4.78, 5) is 15.1. The Labute approximate surface area is 125 Å². The van der Waals surface area contributed by atoms with Crippen LogP contribution in [0.3, 0.4) is 0 Å². The lowest BCUT2D eigenvalue weighted by Crippen LogP contribution is -2.45. The van der Waals surface area contributed by atoms with Gasteiger partial charge in [0.05, 0.1) is 5.41 Å². The number of benzene rings is 1. The molecule has 2 fully saturated rings. The number of halogens is 1. The summed E-state index contributed by atoms with van der Waals surface area (Å²) in [5.74, 6) is 0.0187. The summed E-state index contributed by atoms with van der Waals surface area (Å²) >= 11 is 0. The maximum Gasteiger partial charge on any atom is 0.230 e. The van der Waals surface area contributed by atoms with Crippen molar-refractivity contribution in [2.24, 2.45) is 5.41 Å². The summed E-state index contributed by atoms with van der Waals surface area (Å²) in [7, 11) is 0. The van der Waals surface area contributed by atoms with Gasteiger partial charge in [0.1, 0.15) is 5.82 Å². The quantitative estimate of drug-likeness (QED) is 0.904. The van der Waals surface area contributed by atoms with Crippen molar-refractivity contribution in [3.63, 3.8) is 0 Å². The van der Waals surface area contributed by atoms with Crippen LogP contribution in [0.5, 0.6) is 0 Å². The number of hydrogen-bond donors (Lipinski definition) is 1. The minimum Gasteiger partial charge on any atom is -0.335 e. The number of nitrogens with one attached hydrogen (secondary N) is 1. The predicted octanol–water partition coefficient (Wildman–Crippen LogP) is 2.71. The second-order valence-electron chi connectivity index (χ2n) is 6.35. The molecule has 3 rings (SSSR count). The van der Waals surface area contributed by atoms with Crippen molar-refractivity contribution < 1.29 is 9.18 Å². The molecule has 2 aliphatic rings. The first kappa shape index (κ1) is 14.5. The molecule has 4 heteroatoms. The average molecular weight is 290 g/mol. The number of nitrogens with zero attached hydrogens (tertiary/aromatic N) is 1. The van der Waals surface area contributed by atoms with E-state index in [9.17, 15) is 9.18 Å². The molecule has 1 aliphatic heterocycles. The zero-order valence-corrected chi connectivity index (χ0v) is 12.6. The van der Waals surface area contributed by atoms with Crippen LogP contribution in [0, 0.1) is 11.2 Å². The van der Waals surface area contributed by atoms with Crippen molar-refractivity contribution in [1.82, 2.24) is 10.2 Å². The van der Waals surface area contributed by atoms with E-state index in [0.29, 0.717) is 12.6 Å². The first-order valence-electron chi connectivity index (χ1n) is 7.91. The predicted molar refractivity (Wildman–Crippen MR) is 80.2 cm³/mol. The second-order valence-corrected chi connectivity index (χ2v) is 6.35. The summed E-state index contributed by atoms with van der Waals surface area (Å²) in [5.41, 5.74) is 0.628. The maximum absolute atomic E-state index is 13.4. The first-order valence-corrected chi connectivity index (χ1v) is 7.91. The summed E-state index contributed by atoms with van der Waals surface area (Å²) in [6.45, 7) is 4.31. The number of hydrogen-bond acceptors (Lipinski definition) is 2. The van der Waals surface area contributed by atoms with Crippen molar-refractivity contribution in [2.45, 2.75) is 45.2 Å². The molecule has 1 unspecified atom stereocenters. The number of carbonyl (C=O) groups excluding carboxylic acids is 1. The van der Waals surface area contributed by atoms with Crippen LogP contribution in [0.1, 0.15) is 38.2 Å². The van der Waals surface area contributed by atoms with Gasteiger partial charge in [-0.1, -0.05) is 19.1 Å². The van der Waals surface area contributed by atoms with E-state index in [0.717, 1.165) is 44.3 Å². The third-order valence-electron chi connectivity index (χ3n) is 4.86. The highest BCUT2D eigenvalue weighted by molar-refractivity contribution is 5.84. The smallest absolute Gasteiger partial charge is 0.230 e. The van der Waals surface area contributed by atoms with Crippen LogP contribution in [-0.4, -0.2) is 29.9 Å². The Bertz CT molecular complexity index is 521. The van der Waals surface area contributed by atoms with E-state index in [1.165, 1.54) is 12.1 Å². The van der Waals surface area contributed by atoms with Gasteiger partial charge in [-0.3, -0.25) is 4.79 Å². The van der Waals surface area contributed by atoms with Crippen LogP contribution >= 0.6 is 0 Å². The molecule has 1 saturated heterocycles. The highest BCUT2D eigenvalue weighted by Crippen LogP contribution is 2.37. The van der Waals surface area contributed by atoms with E-state index in [1.54, 1.807) is 6.07 Å². The second kappa shape index (κ2) is 5.76. The van der Waals surface area contributed by atoms with Crippen LogP contribution in [0.25, 0.3) is 0 Å². The molecular weight excluding hydrogens is 267 g/mol. The fraction of sp³-hybridized carbons (Fsp3) is 0.588. The van der Waals surface area contributed by atoms with E-state index in [4.69, 9.17) is 0 Å². The largest absolute Gasteiger partial charge is 0.335 e. The van der Waals surface area contributed by atoms with Crippen LogP contribution in [0.4, 0.5) is 4.39 Å². The number of rotatable bonds is 5. The molecule has 1 aromatic rings. The molecule has 1 atom stereocenters. The molecule has 0 aromatic heterocycles. The van der Waals surface area contributed by atoms with E-state index in [2.05, 4.69) is 12.2 Å². The molecule has 0 spiro atoms. The minimum absolute atomic E-state index is 0.233. The maximum atomic E-state index is 13.4. The van der Waals surface area contributed by atoms with Gasteiger partial charge < -0.3 is 10.2 Å². The molecule has 0 radical (unpaired) electrons. The van der Waals surface area contributed by atoms with E-state index in [1.807, 2.05) is 11.0 Å². The van der Waals surface area contributed by atoms with Gasteiger partial charge in [0.15, 0.2) is 0 Å². The van der Waals surface area contributed by atoms with Crippen LogP contribution in [0.2, 0.25) is 0 Å². The molecule has 21 heavy (non-hydrogen) atoms. The van der Waals surface area contributed by atoms with Crippen LogP contribution in [0.15, 0.2) is 24.3 Å². The minimum atomic E-state index is -0.254.